The molecular weight excluding hydrogens is 182 g/mol. The molecule has 0 saturated carbocycles. The van der Waals surface area contributed by atoms with E-state index in [1.54, 1.807) is 0 Å². The SMILES string of the molecule is C#CC(C)NCc1ccc2c(c1)CCC2. The largest absolute Gasteiger partial charge is 0.300 e. The van der Waals surface area contributed by atoms with Crippen molar-refractivity contribution in [1.29, 1.82) is 0 Å². The van der Waals surface area contributed by atoms with Crippen molar-refractivity contribution in [3.63, 3.8) is 0 Å². The maximum atomic E-state index is 5.31. The highest BCUT2D eigenvalue weighted by Crippen LogP contribution is 2.22. The van der Waals surface area contributed by atoms with Gasteiger partial charge in [-0.25, -0.2) is 0 Å². The van der Waals surface area contributed by atoms with Crippen LogP contribution in [-0.2, 0) is 19.4 Å². The number of nitrogens with one attached hydrogen (secondary N) is 1. The van der Waals surface area contributed by atoms with Crippen LogP contribution in [0.1, 0.15) is 30.0 Å². The summed E-state index contributed by atoms with van der Waals surface area (Å²) in [5.41, 5.74) is 4.41. The molecule has 1 nitrogen and oxygen atoms in total. The Hall–Kier alpha value is -1.26. The molecule has 1 aromatic rings. The fraction of sp³-hybridized carbons (Fsp3) is 0.429. The Kier molecular flexibility index (Phi) is 3.08. The summed E-state index contributed by atoms with van der Waals surface area (Å²) in [5.74, 6) is 2.68. The molecule has 0 aliphatic heterocycles. The van der Waals surface area contributed by atoms with Crippen LogP contribution in [0.3, 0.4) is 0 Å². The summed E-state index contributed by atoms with van der Waals surface area (Å²) in [5, 5.41) is 3.30. The zero-order chi connectivity index (χ0) is 10.7. The van der Waals surface area contributed by atoms with Gasteiger partial charge in [0.2, 0.25) is 0 Å². The molecule has 0 amide bonds. The van der Waals surface area contributed by atoms with Gasteiger partial charge in [-0.3, -0.25) is 5.32 Å². The van der Waals surface area contributed by atoms with Crippen molar-refractivity contribution in [3.8, 4) is 12.3 Å². The number of terminal acetylenes is 1. The minimum Gasteiger partial charge on any atom is -0.300 e. The van der Waals surface area contributed by atoms with Gasteiger partial charge in [-0.05, 0) is 42.9 Å². The quantitative estimate of drug-likeness (QED) is 0.736. The van der Waals surface area contributed by atoms with Crippen molar-refractivity contribution in [1.82, 2.24) is 5.32 Å². The molecule has 2 rings (SSSR count). The maximum absolute atomic E-state index is 5.31. The summed E-state index contributed by atoms with van der Waals surface area (Å²) in [6.07, 6.45) is 9.12. The van der Waals surface area contributed by atoms with E-state index >= 15 is 0 Å². The van der Waals surface area contributed by atoms with Gasteiger partial charge >= 0.3 is 0 Å². The first kappa shape index (κ1) is 10.3. The highest BCUT2D eigenvalue weighted by atomic mass is 14.9. The molecule has 1 aliphatic rings. The third-order valence-electron chi connectivity index (χ3n) is 3.03. The van der Waals surface area contributed by atoms with Crippen molar-refractivity contribution < 1.29 is 0 Å². The lowest BCUT2D eigenvalue weighted by Crippen LogP contribution is -2.23. The number of benzene rings is 1. The molecule has 0 fully saturated rings. The molecule has 1 aromatic carbocycles. The molecule has 0 saturated heterocycles. The molecule has 1 N–H and O–H groups in total. The molecule has 0 heterocycles. The van der Waals surface area contributed by atoms with Gasteiger partial charge in [0.05, 0.1) is 6.04 Å². The van der Waals surface area contributed by atoms with E-state index in [1.165, 1.54) is 36.0 Å². The highest BCUT2D eigenvalue weighted by molar-refractivity contribution is 5.35. The summed E-state index contributed by atoms with van der Waals surface area (Å²) < 4.78 is 0. The average molecular weight is 199 g/mol. The summed E-state index contributed by atoms with van der Waals surface area (Å²) in [6, 6.07) is 6.94. The second kappa shape index (κ2) is 4.51. The fourth-order valence-electron chi connectivity index (χ4n) is 2.07. The second-order valence-electron chi connectivity index (χ2n) is 4.23. The normalized spacial score (nSPS) is 15.7. The van der Waals surface area contributed by atoms with Crippen LogP contribution in [0.15, 0.2) is 18.2 Å². The fourth-order valence-corrected chi connectivity index (χ4v) is 2.07. The smallest absolute Gasteiger partial charge is 0.0660 e. The zero-order valence-electron chi connectivity index (χ0n) is 9.22. The van der Waals surface area contributed by atoms with Crippen LogP contribution in [-0.4, -0.2) is 6.04 Å². The number of hydrogen-bond donors (Lipinski definition) is 1. The Morgan fingerprint density at radius 3 is 3.00 bits per heavy atom. The predicted octanol–water partition coefficient (Wildman–Crippen LogP) is 2.29. The Labute approximate surface area is 91.9 Å². The van der Waals surface area contributed by atoms with E-state index in [1.807, 2.05) is 6.92 Å². The predicted molar refractivity (Wildman–Crippen MR) is 63.6 cm³/mol. The first-order chi connectivity index (χ1) is 7.29. The summed E-state index contributed by atoms with van der Waals surface area (Å²) in [7, 11) is 0. The third kappa shape index (κ3) is 2.40. The van der Waals surface area contributed by atoms with Crippen molar-refractivity contribution in [2.45, 2.75) is 38.8 Å². The van der Waals surface area contributed by atoms with Crippen LogP contribution in [0.2, 0.25) is 0 Å². The highest BCUT2D eigenvalue weighted by Gasteiger charge is 2.10. The minimum atomic E-state index is 0.151. The van der Waals surface area contributed by atoms with Crippen LogP contribution >= 0.6 is 0 Å². The van der Waals surface area contributed by atoms with Crippen LogP contribution in [0.4, 0.5) is 0 Å². The second-order valence-corrected chi connectivity index (χ2v) is 4.23. The molecule has 15 heavy (non-hydrogen) atoms. The molecule has 0 spiro atoms. The van der Waals surface area contributed by atoms with Gasteiger partial charge in [0, 0.05) is 6.54 Å². The summed E-state index contributed by atoms with van der Waals surface area (Å²) in [4.78, 5) is 0. The molecule has 0 bridgehead atoms. The lowest BCUT2D eigenvalue weighted by Gasteiger charge is -2.08. The molecule has 0 radical (unpaired) electrons. The standard InChI is InChI=1S/C14H17N/c1-3-11(2)15-10-12-7-8-13-5-4-6-14(13)9-12/h1,7-9,11,15H,4-6,10H2,2H3. The van der Waals surface area contributed by atoms with E-state index in [-0.39, 0.29) is 6.04 Å². The maximum Gasteiger partial charge on any atom is 0.0660 e. The van der Waals surface area contributed by atoms with Crippen LogP contribution in [0, 0.1) is 12.3 Å². The van der Waals surface area contributed by atoms with E-state index in [4.69, 9.17) is 6.42 Å². The first-order valence-corrected chi connectivity index (χ1v) is 5.60. The van der Waals surface area contributed by atoms with Gasteiger partial charge in [0.25, 0.3) is 0 Å². The van der Waals surface area contributed by atoms with Crippen LogP contribution in [0.5, 0.6) is 0 Å². The first-order valence-electron chi connectivity index (χ1n) is 5.60. The summed E-state index contributed by atoms with van der Waals surface area (Å²) >= 11 is 0. The van der Waals surface area contributed by atoms with E-state index in [2.05, 4.69) is 29.4 Å². The van der Waals surface area contributed by atoms with Gasteiger partial charge < -0.3 is 0 Å². The Morgan fingerprint density at radius 1 is 1.40 bits per heavy atom. The van der Waals surface area contributed by atoms with Gasteiger partial charge in [-0.2, -0.15) is 0 Å². The van der Waals surface area contributed by atoms with Crippen molar-refractivity contribution in [3.05, 3.63) is 34.9 Å². The van der Waals surface area contributed by atoms with Crippen molar-refractivity contribution in [2.75, 3.05) is 0 Å². The van der Waals surface area contributed by atoms with Gasteiger partial charge in [-0.1, -0.05) is 24.1 Å². The monoisotopic (exact) mass is 199 g/mol. The van der Waals surface area contributed by atoms with E-state index < -0.39 is 0 Å². The number of rotatable bonds is 3. The van der Waals surface area contributed by atoms with Gasteiger partial charge in [-0.15, -0.1) is 6.42 Å². The number of hydrogen-bond acceptors (Lipinski definition) is 1. The Bertz CT molecular complexity index is 387. The Morgan fingerprint density at radius 2 is 2.20 bits per heavy atom. The lowest BCUT2D eigenvalue weighted by molar-refractivity contribution is 0.648. The minimum absolute atomic E-state index is 0.151. The molecule has 78 valence electrons. The Balaban J connectivity index is 2.01. The van der Waals surface area contributed by atoms with E-state index in [0.717, 1.165) is 6.54 Å². The molecule has 1 atom stereocenters. The number of aryl methyl sites for hydroxylation is 2. The topological polar surface area (TPSA) is 12.0 Å². The van der Waals surface area contributed by atoms with Crippen molar-refractivity contribution in [2.24, 2.45) is 0 Å². The zero-order valence-corrected chi connectivity index (χ0v) is 9.22. The van der Waals surface area contributed by atoms with Gasteiger partial charge in [0.15, 0.2) is 0 Å². The molecule has 1 unspecified atom stereocenters. The molecular formula is C14H17N. The van der Waals surface area contributed by atoms with Crippen LogP contribution in [0.25, 0.3) is 0 Å². The van der Waals surface area contributed by atoms with Crippen molar-refractivity contribution >= 4 is 0 Å². The molecule has 1 heteroatoms. The van der Waals surface area contributed by atoms with E-state index in [0.29, 0.717) is 0 Å². The van der Waals surface area contributed by atoms with Crippen LogP contribution < -0.4 is 5.32 Å². The summed E-state index contributed by atoms with van der Waals surface area (Å²) in [6.45, 7) is 2.88. The average Bonchev–Trinajstić information content (AvgIpc) is 2.72. The number of fused-ring (bicyclic) bond motifs is 1. The third-order valence-corrected chi connectivity index (χ3v) is 3.03. The van der Waals surface area contributed by atoms with E-state index in [9.17, 15) is 0 Å². The lowest BCUT2D eigenvalue weighted by atomic mass is 10.1. The molecule has 0 aromatic heterocycles. The van der Waals surface area contributed by atoms with Gasteiger partial charge in [0.1, 0.15) is 0 Å². The molecule has 1 aliphatic carbocycles.